The highest BCUT2D eigenvalue weighted by Crippen LogP contribution is 2.25. The van der Waals surface area contributed by atoms with Gasteiger partial charge in [-0.1, -0.05) is 0 Å². The van der Waals surface area contributed by atoms with E-state index < -0.39 is 0 Å². The molecule has 1 aliphatic rings. The van der Waals surface area contributed by atoms with Crippen molar-refractivity contribution in [2.45, 2.75) is 19.8 Å². The van der Waals surface area contributed by atoms with Crippen LogP contribution in [0.3, 0.4) is 0 Å². The van der Waals surface area contributed by atoms with Crippen molar-refractivity contribution in [2.24, 2.45) is 5.10 Å². The number of benzene rings is 1. The number of hydrogen-bond acceptors (Lipinski definition) is 5. The summed E-state index contributed by atoms with van der Waals surface area (Å²) in [5.74, 6) is 1.01. The highest BCUT2D eigenvalue weighted by atomic mass is 32.1. The molecule has 0 saturated carbocycles. The summed E-state index contributed by atoms with van der Waals surface area (Å²) >= 11 is 1.55. The summed E-state index contributed by atoms with van der Waals surface area (Å²) in [5.41, 5.74) is 6.29. The number of hydrazone groups is 1. The molecule has 0 saturated heterocycles. The molecule has 4 nitrogen and oxygen atoms in total. The normalized spacial score (nSPS) is 14.2. The van der Waals surface area contributed by atoms with Gasteiger partial charge in [0.25, 0.3) is 0 Å². The van der Waals surface area contributed by atoms with E-state index in [1.807, 2.05) is 30.7 Å². The van der Waals surface area contributed by atoms with E-state index in [9.17, 15) is 0 Å². The molecule has 0 amide bonds. The maximum atomic E-state index is 5.59. The summed E-state index contributed by atoms with van der Waals surface area (Å²) in [6.07, 6.45) is 3.98. The molecular formula is C14H15N3OS. The number of ether oxygens (including phenoxy) is 1. The molecule has 2 aromatic rings. The Morgan fingerprint density at radius 2 is 2.42 bits per heavy atom. The Hall–Kier alpha value is -1.88. The standard InChI is InChI=1S/C14H15N3OS/c1-10-9-19-14(16-10)17-15-8-11-4-5-13-12(7-11)3-2-6-18-13/h4-5,7-9H,2-3,6H2,1H3,(H,16,17). The molecule has 1 aliphatic heterocycles. The molecule has 0 atom stereocenters. The summed E-state index contributed by atoms with van der Waals surface area (Å²) in [4.78, 5) is 4.29. The largest absolute Gasteiger partial charge is 0.493 e. The number of thiazole rings is 1. The van der Waals surface area contributed by atoms with Crippen LogP contribution in [0.15, 0.2) is 28.7 Å². The molecular weight excluding hydrogens is 258 g/mol. The molecule has 0 bridgehead atoms. The zero-order chi connectivity index (χ0) is 13.1. The summed E-state index contributed by atoms with van der Waals surface area (Å²) in [7, 11) is 0. The van der Waals surface area contributed by atoms with Gasteiger partial charge in [0.1, 0.15) is 5.75 Å². The zero-order valence-electron chi connectivity index (χ0n) is 10.7. The lowest BCUT2D eigenvalue weighted by molar-refractivity contribution is 0.288. The van der Waals surface area contributed by atoms with E-state index >= 15 is 0 Å². The maximum Gasteiger partial charge on any atom is 0.203 e. The predicted molar refractivity (Wildman–Crippen MR) is 78.3 cm³/mol. The molecule has 0 radical (unpaired) electrons. The molecule has 1 N–H and O–H groups in total. The van der Waals surface area contributed by atoms with Crippen LogP contribution in [0.5, 0.6) is 5.75 Å². The molecule has 0 unspecified atom stereocenters. The Morgan fingerprint density at radius 1 is 1.47 bits per heavy atom. The Balaban J connectivity index is 1.69. The van der Waals surface area contributed by atoms with Crippen LogP contribution in [0, 0.1) is 6.92 Å². The zero-order valence-corrected chi connectivity index (χ0v) is 11.5. The minimum absolute atomic E-state index is 0.815. The number of fused-ring (bicyclic) bond motifs is 1. The van der Waals surface area contributed by atoms with Crippen molar-refractivity contribution in [3.05, 3.63) is 40.4 Å². The first-order valence-electron chi connectivity index (χ1n) is 6.28. The molecule has 0 fully saturated rings. The van der Waals surface area contributed by atoms with E-state index in [0.29, 0.717) is 0 Å². The second-order valence-corrected chi connectivity index (χ2v) is 5.34. The topological polar surface area (TPSA) is 46.5 Å². The highest BCUT2D eigenvalue weighted by molar-refractivity contribution is 7.13. The average molecular weight is 273 g/mol. The lowest BCUT2D eigenvalue weighted by Crippen LogP contribution is -2.08. The fraction of sp³-hybridized carbons (Fsp3) is 0.286. The van der Waals surface area contributed by atoms with E-state index in [2.05, 4.69) is 21.6 Å². The van der Waals surface area contributed by atoms with Gasteiger partial charge in [-0.25, -0.2) is 4.98 Å². The average Bonchev–Trinajstić information content (AvgIpc) is 2.84. The Morgan fingerprint density at radius 3 is 3.26 bits per heavy atom. The number of nitrogens with one attached hydrogen (secondary N) is 1. The minimum Gasteiger partial charge on any atom is -0.493 e. The molecule has 98 valence electrons. The lowest BCUT2D eigenvalue weighted by Gasteiger charge is -2.16. The first-order chi connectivity index (χ1) is 9.31. The number of nitrogens with zero attached hydrogens (tertiary/aromatic N) is 2. The second-order valence-electron chi connectivity index (χ2n) is 4.48. The van der Waals surface area contributed by atoms with Crippen LogP contribution in [0.25, 0.3) is 0 Å². The molecule has 3 rings (SSSR count). The van der Waals surface area contributed by atoms with Gasteiger partial charge in [-0.05, 0) is 49.1 Å². The summed E-state index contributed by atoms with van der Waals surface area (Å²) in [5, 5.41) is 7.02. The van der Waals surface area contributed by atoms with E-state index in [4.69, 9.17) is 4.74 Å². The summed E-state index contributed by atoms with van der Waals surface area (Å²) in [6.45, 7) is 2.79. The van der Waals surface area contributed by atoms with Crippen molar-refractivity contribution >= 4 is 22.7 Å². The Kier molecular flexibility index (Phi) is 3.46. The van der Waals surface area contributed by atoms with Crippen LogP contribution < -0.4 is 10.2 Å². The van der Waals surface area contributed by atoms with Gasteiger partial charge >= 0.3 is 0 Å². The SMILES string of the molecule is Cc1csc(NN=Cc2ccc3c(c2)CCCO3)n1. The van der Waals surface area contributed by atoms with Gasteiger partial charge in [0.05, 0.1) is 18.5 Å². The molecule has 1 aromatic heterocycles. The Labute approximate surface area is 116 Å². The van der Waals surface area contributed by atoms with Gasteiger partial charge in [-0.2, -0.15) is 5.10 Å². The number of anilines is 1. The van der Waals surface area contributed by atoms with E-state index in [-0.39, 0.29) is 0 Å². The van der Waals surface area contributed by atoms with E-state index in [1.165, 1.54) is 5.56 Å². The number of hydrogen-bond donors (Lipinski definition) is 1. The van der Waals surface area contributed by atoms with Crippen molar-refractivity contribution in [2.75, 3.05) is 12.0 Å². The summed E-state index contributed by atoms with van der Waals surface area (Å²) < 4.78 is 5.59. The van der Waals surface area contributed by atoms with Crippen molar-refractivity contribution in [1.29, 1.82) is 0 Å². The van der Waals surface area contributed by atoms with Crippen molar-refractivity contribution < 1.29 is 4.74 Å². The smallest absolute Gasteiger partial charge is 0.203 e. The van der Waals surface area contributed by atoms with Gasteiger partial charge in [0, 0.05) is 5.38 Å². The number of aromatic nitrogens is 1. The van der Waals surface area contributed by atoms with Gasteiger partial charge in [-0.15, -0.1) is 11.3 Å². The molecule has 0 aliphatic carbocycles. The third-order valence-electron chi connectivity index (χ3n) is 2.93. The highest BCUT2D eigenvalue weighted by Gasteiger charge is 2.09. The Bertz CT molecular complexity index is 606. The van der Waals surface area contributed by atoms with Gasteiger partial charge < -0.3 is 4.74 Å². The van der Waals surface area contributed by atoms with Crippen LogP contribution in [0.1, 0.15) is 23.2 Å². The fourth-order valence-corrected chi connectivity index (χ4v) is 2.66. The third kappa shape index (κ3) is 2.93. The monoisotopic (exact) mass is 273 g/mol. The summed E-state index contributed by atoms with van der Waals surface area (Å²) in [6, 6.07) is 6.17. The van der Waals surface area contributed by atoms with Gasteiger partial charge in [0.15, 0.2) is 0 Å². The maximum absolute atomic E-state index is 5.59. The molecule has 1 aromatic carbocycles. The quantitative estimate of drug-likeness (QED) is 0.690. The van der Waals surface area contributed by atoms with Gasteiger partial charge in [0.2, 0.25) is 5.13 Å². The number of rotatable bonds is 3. The first-order valence-corrected chi connectivity index (χ1v) is 7.16. The van der Waals surface area contributed by atoms with Crippen molar-refractivity contribution in [3.8, 4) is 5.75 Å². The van der Waals surface area contributed by atoms with E-state index in [1.54, 1.807) is 11.3 Å². The van der Waals surface area contributed by atoms with Crippen LogP contribution >= 0.6 is 11.3 Å². The van der Waals surface area contributed by atoms with Crippen LogP contribution in [0.2, 0.25) is 0 Å². The van der Waals surface area contributed by atoms with Crippen molar-refractivity contribution in [3.63, 3.8) is 0 Å². The molecule has 5 heteroatoms. The predicted octanol–water partition coefficient (Wildman–Crippen LogP) is 3.22. The lowest BCUT2D eigenvalue weighted by atomic mass is 10.0. The second kappa shape index (κ2) is 5.40. The number of aryl methyl sites for hydroxylation is 2. The van der Waals surface area contributed by atoms with E-state index in [0.717, 1.165) is 41.6 Å². The van der Waals surface area contributed by atoms with Crippen LogP contribution in [-0.2, 0) is 6.42 Å². The third-order valence-corrected chi connectivity index (χ3v) is 3.79. The fourth-order valence-electron chi connectivity index (χ4n) is 2.03. The molecule has 19 heavy (non-hydrogen) atoms. The first kappa shape index (κ1) is 12.2. The van der Waals surface area contributed by atoms with Gasteiger partial charge in [-0.3, -0.25) is 5.43 Å². The molecule has 0 spiro atoms. The van der Waals surface area contributed by atoms with Crippen molar-refractivity contribution in [1.82, 2.24) is 4.98 Å². The van der Waals surface area contributed by atoms with Crippen LogP contribution in [-0.4, -0.2) is 17.8 Å². The minimum atomic E-state index is 0.815. The molecule has 2 heterocycles. The van der Waals surface area contributed by atoms with Crippen LogP contribution in [0.4, 0.5) is 5.13 Å².